The quantitative estimate of drug-likeness (QED) is 0.820. The van der Waals surface area contributed by atoms with E-state index >= 15 is 0 Å². The van der Waals surface area contributed by atoms with Crippen molar-refractivity contribution in [2.45, 2.75) is 56.9 Å². The monoisotopic (exact) mass is 310 g/mol. The van der Waals surface area contributed by atoms with Crippen LogP contribution in [0.1, 0.15) is 46.0 Å². The molecule has 1 aromatic carbocycles. The molecule has 2 N–H and O–H groups in total. The Hall–Kier alpha value is -1.07. The minimum Gasteiger partial charge on any atom is -0.399 e. The van der Waals surface area contributed by atoms with E-state index in [9.17, 15) is 8.42 Å². The maximum absolute atomic E-state index is 12.9. The van der Waals surface area contributed by atoms with E-state index in [0.29, 0.717) is 23.0 Å². The summed E-state index contributed by atoms with van der Waals surface area (Å²) in [6.07, 6.45) is 5.10. The molecule has 1 aliphatic carbocycles. The number of hydrogen-bond acceptors (Lipinski definition) is 3. The number of nitrogens with zero attached hydrogens (tertiary/aromatic N) is 1. The Morgan fingerprint density at radius 3 is 2.29 bits per heavy atom. The molecule has 118 valence electrons. The first-order chi connectivity index (χ1) is 9.91. The molecule has 5 heteroatoms. The highest BCUT2D eigenvalue weighted by atomic mass is 32.2. The maximum atomic E-state index is 12.9. The van der Waals surface area contributed by atoms with Gasteiger partial charge in [0, 0.05) is 18.3 Å². The van der Waals surface area contributed by atoms with Crippen molar-refractivity contribution in [3.8, 4) is 0 Å². The molecule has 0 amide bonds. The highest BCUT2D eigenvalue weighted by Gasteiger charge is 2.32. The molecule has 0 aromatic heterocycles. The van der Waals surface area contributed by atoms with Crippen LogP contribution in [0, 0.1) is 5.92 Å². The largest absolute Gasteiger partial charge is 0.399 e. The molecule has 0 heterocycles. The molecule has 1 fully saturated rings. The molecule has 0 spiro atoms. The molecule has 0 unspecified atom stereocenters. The van der Waals surface area contributed by atoms with Gasteiger partial charge in [0.15, 0.2) is 0 Å². The van der Waals surface area contributed by atoms with Crippen LogP contribution in [-0.2, 0) is 10.0 Å². The summed E-state index contributed by atoms with van der Waals surface area (Å²) in [5.41, 5.74) is 6.24. The van der Waals surface area contributed by atoms with Gasteiger partial charge in [0.1, 0.15) is 0 Å². The topological polar surface area (TPSA) is 63.4 Å². The predicted octanol–water partition coefficient (Wildman–Crippen LogP) is 3.25. The van der Waals surface area contributed by atoms with Gasteiger partial charge in [-0.15, -0.1) is 0 Å². The normalized spacial score (nSPS) is 17.0. The first kappa shape index (κ1) is 16.3. The van der Waals surface area contributed by atoms with Crippen molar-refractivity contribution in [2.75, 3.05) is 12.3 Å². The van der Waals surface area contributed by atoms with Crippen LogP contribution in [0.5, 0.6) is 0 Å². The molecule has 21 heavy (non-hydrogen) atoms. The van der Waals surface area contributed by atoms with E-state index in [1.54, 1.807) is 28.6 Å². The Morgan fingerprint density at radius 1 is 1.19 bits per heavy atom. The average Bonchev–Trinajstić information content (AvgIpc) is 2.92. The molecule has 0 aliphatic heterocycles. The molecule has 2 rings (SSSR count). The third-order valence-corrected chi connectivity index (χ3v) is 6.11. The lowest BCUT2D eigenvalue weighted by molar-refractivity contribution is 0.304. The average molecular weight is 310 g/mol. The van der Waals surface area contributed by atoms with Gasteiger partial charge in [-0.2, -0.15) is 4.31 Å². The standard InChI is InChI=1S/C16H26N2O2S/c1-13(2)11-12-18(15-5-3-4-6-15)21(19,20)16-9-7-14(17)8-10-16/h7-10,13,15H,3-6,11-12,17H2,1-2H3. The number of nitrogen functional groups attached to an aromatic ring is 1. The summed E-state index contributed by atoms with van der Waals surface area (Å²) in [6.45, 7) is 4.86. The lowest BCUT2D eigenvalue weighted by atomic mass is 10.1. The Morgan fingerprint density at radius 2 is 1.76 bits per heavy atom. The van der Waals surface area contributed by atoms with Crippen LogP contribution >= 0.6 is 0 Å². The lowest BCUT2D eigenvalue weighted by Crippen LogP contribution is -2.39. The van der Waals surface area contributed by atoms with E-state index in [-0.39, 0.29) is 6.04 Å². The molecule has 1 aromatic rings. The van der Waals surface area contributed by atoms with Crippen molar-refractivity contribution >= 4 is 15.7 Å². The first-order valence-electron chi connectivity index (χ1n) is 7.78. The van der Waals surface area contributed by atoms with Gasteiger partial charge in [0.2, 0.25) is 10.0 Å². The van der Waals surface area contributed by atoms with Crippen LogP contribution in [0.3, 0.4) is 0 Å². The van der Waals surface area contributed by atoms with Crippen LogP contribution in [0.15, 0.2) is 29.2 Å². The highest BCUT2D eigenvalue weighted by Crippen LogP contribution is 2.29. The van der Waals surface area contributed by atoms with Gasteiger partial charge < -0.3 is 5.73 Å². The predicted molar refractivity (Wildman–Crippen MR) is 86.5 cm³/mol. The van der Waals surface area contributed by atoms with Crippen molar-refractivity contribution in [3.63, 3.8) is 0 Å². The van der Waals surface area contributed by atoms with Gasteiger partial charge in [0.05, 0.1) is 4.90 Å². The molecule has 1 aliphatic rings. The van der Waals surface area contributed by atoms with E-state index in [4.69, 9.17) is 5.73 Å². The Labute approximate surface area is 128 Å². The zero-order valence-corrected chi connectivity index (χ0v) is 13.8. The number of hydrogen-bond donors (Lipinski definition) is 1. The summed E-state index contributed by atoms with van der Waals surface area (Å²) in [5.74, 6) is 0.496. The molecule has 0 atom stereocenters. The molecular weight excluding hydrogens is 284 g/mol. The number of benzene rings is 1. The van der Waals surface area contributed by atoms with E-state index in [2.05, 4.69) is 13.8 Å². The summed E-state index contributed by atoms with van der Waals surface area (Å²) in [4.78, 5) is 0.354. The SMILES string of the molecule is CC(C)CCN(C1CCCC1)S(=O)(=O)c1ccc(N)cc1. The fourth-order valence-electron chi connectivity index (χ4n) is 2.85. The molecule has 0 radical (unpaired) electrons. The minimum atomic E-state index is -3.42. The van der Waals surface area contributed by atoms with Crippen LogP contribution in [0.4, 0.5) is 5.69 Å². The summed E-state index contributed by atoms with van der Waals surface area (Å²) < 4.78 is 27.6. The Bertz CT molecular complexity index is 546. The van der Waals surface area contributed by atoms with E-state index in [1.165, 1.54) is 0 Å². The smallest absolute Gasteiger partial charge is 0.243 e. The molecule has 0 saturated heterocycles. The molecular formula is C16H26N2O2S. The van der Waals surface area contributed by atoms with E-state index < -0.39 is 10.0 Å². The maximum Gasteiger partial charge on any atom is 0.243 e. The van der Waals surface area contributed by atoms with Crippen LogP contribution in [0.25, 0.3) is 0 Å². The minimum absolute atomic E-state index is 0.159. The number of rotatable bonds is 6. The van der Waals surface area contributed by atoms with Crippen molar-refractivity contribution in [1.29, 1.82) is 0 Å². The number of anilines is 1. The Balaban J connectivity index is 2.26. The fraction of sp³-hybridized carbons (Fsp3) is 0.625. The van der Waals surface area contributed by atoms with Gasteiger partial charge >= 0.3 is 0 Å². The van der Waals surface area contributed by atoms with Crippen LogP contribution < -0.4 is 5.73 Å². The van der Waals surface area contributed by atoms with Gasteiger partial charge in [-0.05, 0) is 49.4 Å². The first-order valence-corrected chi connectivity index (χ1v) is 9.22. The van der Waals surface area contributed by atoms with Crippen molar-refractivity contribution in [2.24, 2.45) is 5.92 Å². The number of sulfonamides is 1. The summed E-state index contributed by atoms with van der Waals surface area (Å²) in [7, 11) is -3.42. The fourth-order valence-corrected chi connectivity index (χ4v) is 4.55. The zero-order valence-electron chi connectivity index (χ0n) is 13.0. The Kier molecular flexibility index (Phi) is 5.27. The second kappa shape index (κ2) is 6.79. The van der Waals surface area contributed by atoms with Crippen LogP contribution in [0.2, 0.25) is 0 Å². The van der Waals surface area contributed by atoms with Gasteiger partial charge in [-0.3, -0.25) is 0 Å². The molecule has 0 bridgehead atoms. The summed E-state index contributed by atoms with van der Waals surface area (Å²) >= 11 is 0. The zero-order chi connectivity index (χ0) is 15.5. The molecule has 1 saturated carbocycles. The second-order valence-corrected chi connectivity index (χ2v) is 8.20. The summed E-state index contributed by atoms with van der Waals surface area (Å²) in [5, 5.41) is 0. The van der Waals surface area contributed by atoms with Gasteiger partial charge in [-0.25, -0.2) is 8.42 Å². The third-order valence-electron chi connectivity index (χ3n) is 4.15. The van der Waals surface area contributed by atoms with Gasteiger partial charge in [0.25, 0.3) is 0 Å². The van der Waals surface area contributed by atoms with Crippen molar-refractivity contribution in [1.82, 2.24) is 4.31 Å². The van der Waals surface area contributed by atoms with Crippen molar-refractivity contribution < 1.29 is 8.42 Å². The van der Waals surface area contributed by atoms with E-state index in [1.807, 2.05) is 0 Å². The van der Waals surface area contributed by atoms with E-state index in [0.717, 1.165) is 32.1 Å². The highest BCUT2D eigenvalue weighted by molar-refractivity contribution is 7.89. The third kappa shape index (κ3) is 3.98. The van der Waals surface area contributed by atoms with Gasteiger partial charge in [-0.1, -0.05) is 26.7 Å². The lowest BCUT2D eigenvalue weighted by Gasteiger charge is -2.28. The van der Waals surface area contributed by atoms with Crippen LogP contribution in [-0.4, -0.2) is 25.3 Å². The number of nitrogens with two attached hydrogens (primary N) is 1. The molecule has 4 nitrogen and oxygen atoms in total. The van der Waals surface area contributed by atoms with Crippen molar-refractivity contribution in [3.05, 3.63) is 24.3 Å². The second-order valence-electron chi connectivity index (χ2n) is 6.31. The summed E-state index contributed by atoms with van der Waals surface area (Å²) in [6, 6.07) is 6.69.